The van der Waals surface area contributed by atoms with E-state index in [0.717, 1.165) is 16.0 Å². The second-order valence-electron chi connectivity index (χ2n) is 8.36. The van der Waals surface area contributed by atoms with E-state index in [4.69, 9.17) is 16.3 Å². The highest BCUT2D eigenvalue weighted by molar-refractivity contribution is 6.53. The molecule has 0 saturated carbocycles. The second-order valence-corrected chi connectivity index (χ2v) is 8.74. The number of imide groups is 1. The van der Waals surface area contributed by atoms with E-state index in [-0.39, 0.29) is 34.5 Å². The molecule has 2 N–H and O–H groups in total. The quantitative estimate of drug-likeness (QED) is 0.331. The van der Waals surface area contributed by atoms with Crippen molar-refractivity contribution in [2.75, 3.05) is 22.1 Å². The maximum Gasteiger partial charge on any atom is 0.338 e. The molecule has 0 atom stereocenters. The summed E-state index contributed by atoms with van der Waals surface area (Å²) >= 11 is 6.24. The van der Waals surface area contributed by atoms with Crippen molar-refractivity contribution in [3.8, 4) is 0 Å². The summed E-state index contributed by atoms with van der Waals surface area (Å²) in [5.41, 5.74) is 3.80. The van der Waals surface area contributed by atoms with Gasteiger partial charge < -0.3 is 15.4 Å². The predicted molar refractivity (Wildman–Crippen MR) is 142 cm³/mol. The fraction of sp³-hybridized carbons (Fsp3) is 0.143. The van der Waals surface area contributed by atoms with Crippen molar-refractivity contribution in [3.63, 3.8) is 0 Å². The van der Waals surface area contributed by atoms with Gasteiger partial charge in [0.2, 0.25) is 0 Å². The molecule has 37 heavy (non-hydrogen) atoms. The standard InChI is InChI=1S/C28H24ClN3O5/c1-4-37-28(36)19-8-6-10-22(15-19)32-26(34)23(29)24(27(32)35)30-20-9-5-7-18(14-20)25(33)31-21-12-11-16(2)17(3)13-21/h5-15,30H,4H2,1-3H3,(H,31,33). The highest BCUT2D eigenvalue weighted by Crippen LogP contribution is 2.31. The van der Waals surface area contributed by atoms with Crippen LogP contribution in [0, 0.1) is 13.8 Å². The topological polar surface area (TPSA) is 105 Å². The largest absolute Gasteiger partial charge is 0.462 e. The number of esters is 1. The number of nitrogens with zero attached hydrogens (tertiary/aromatic N) is 1. The average molecular weight is 518 g/mol. The molecule has 0 spiro atoms. The summed E-state index contributed by atoms with van der Waals surface area (Å²) in [7, 11) is 0. The Morgan fingerprint density at radius 3 is 2.32 bits per heavy atom. The van der Waals surface area contributed by atoms with Crippen molar-refractivity contribution in [3.05, 3.63) is 99.7 Å². The number of benzene rings is 3. The molecule has 8 nitrogen and oxygen atoms in total. The molecule has 3 amide bonds. The molecule has 9 heteroatoms. The SMILES string of the molecule is CCOC(=O)c1cccc(N2C(=O)C(Cl)=C(Nc3cccc(C(=O)Nc4ccc(C)c(C)c4)c3)C2=O)c1. The van der Waals surface area contributed by atoms with Crippen LogP contribution in [0.15, 0.2) is 77.5 Å². The van der Waals surface area contributed by atoms with Gasteiger partial charge in [-0.25, -0.2) is 9.69 Å². The number of aryl methyl sites for hydroxylation is 2. The number of amides is 3. The molecule has 0 fully saturated rings. The van der Waals surface area contributed by atoms with Gasteiger partial charge >= 0.3 is 5.97 Å². The third-order valence-corrected chi connectivity index (χ3v) is 6.15. The lowest BCUT2D eigenvalue weighted by Gasteiger charge is -2.16. The lowest BCUT2D eigenvalue weighted by molar-refractivity contribution is -0.120. The van der Waals surface area contributed by atoms with Crippen LogP contribution in [0.1, 0.15) is 38.8 Å². The fourth-order valence-electron chi connectivity index (χ4n) is 3.74. The molecular weight excluding hydrogens is 494 g/mol. The van der Waals surface area contributed by atoms with Gasteiger partial charge in [-0.15, -0.1) is 0 Å². The van der Waals surface area contributed by atoms with Crippen LogP contribution in [0.25, 0.3) is 0 Å². The summed E-state index contributed by atoms with van der Waals surface area (Å²) in [4.78, 5) is 51.8. The second kappa shape index (κ2) is 10.7. The van der Waals surface area contributed by atoms with Crippen LogP contribution in [0.3, 0.4) is 0 Å². The van der Waals surface area contributed by atoms with Crippen LogP contribution in [-0.4, -0.2) is 30.3 Å². The van der Waals surface area contributed by atoms with Gasteiger partial charge in [0.25, 0.3) is 17.7 Å². The van der Waals surface area contributed by atoms with E-state index in [1.807, 2.05) is 32.0 Å². The van der Waals surface area contributed by atoms with Crippen molar-refractivity contribution >= 4 is 52.4 Å². The van der Waals surface area contributed by atoms with Gasteiger partial charge in [-0.2, -0.15) is 0 Å². The lowest BCUT2D eigenvalue weighted by Crippen LogP contribution is -2.32. The van der Waals surface area contributed by atoms with Crippen LogP contribution >= 0.6 is 11.6 Å². The Morgan fingerprint density at radius 1 is 0.865 bits per heavy atom. The molecule has 4 rings (SSSR count). The first kappa shape index (κ1) is 25.7. The predicted octanol–water partition coefficient (Wildman–Crippen LogP) is 5.17. The molecule has 3 aromatic carbocycles. The van der Waals surface area contributed by atoms with E-state index in [9.17, 15) is 19.2 Å². The minimum Gasteiger partial charge on any atom is -0.462 e. The number of anilines is 3. The Kier molecular flexibility index (Phi) is 7.40. The number of ether oxygens (including phenoxy) is 1. The van der Waals surface area contributed by atoms with E-state index in [1.165, 1.54) is 18.2 Å². The summed E-state index contributed by atoms with van der Waals surface area (Å²) in [5, 5.41) is 5.41. The van der Waals surface area contributed by atoms with E-state index >= 15 is 0 Å². The van der Waals surface area contributed by atoms with E-state index in [0.29, 0.717) is 16.9 Å². The minimum absolute atomic E-state index is 0.139. The van der Waals surface area contributed by atoms with Crippen LogP contribution in [0.5, 0.6) is 0 Å². The number of rotatable bonds is 7. The molecule has 0 saturated heterocycles. The number of hydrogen-bond donors (Lipinski definition) is 2. The molecule has 188 valence electrons. The normalized spacial score (nSPS) is 13.1. The number of carbonyl (C=O) groups excluding carboxylic acids is 4. The monoisotopic (exact) mass is 517 g/mol. The summed E-state index contributed by atoms with van der Waals surface area (Å²) in [6, 6.07) is 18.1. The first-order valence-corrected chi connectivity index (χ1v) is 11.9. The maximum absolute atomic E-state index is 13.2. The number of hydrogen-bond acceptors (Lipinski definition) is 6. The van der Waals surface area contributed by atoms with Crippen LogP contribution in [-0.2, 0) is 14.3 Å². The summed E-state index contributed by atoms with van der Waals surface area (Å²) < 4.78 is 4.99. The fourth-order valence-corrected chi connectivity index (χ4v) is 3.95. The first-order chi connectivity index (χ1) is 17.7. The summed E-state index contributed by atoms with van der Waals surface area (Å²) in [6.07, 6.45) is 0. The molecule has 0 unspecified atom stereocenters. The summed E-state index contributed by atoms with van der Waals surface area (Å²) in [5.74, 6) is -2.34. The molecule has 1 aliphatic heterocycles. The van der Waals surface area contributed by atoms with Crippen molar-refractivity contribution in [1.82, 2.24) is 0 Å². The van der Waals surface area contributed by atoms with Gasteiger partial charge in [0.05, 0.1) is 17.9 Å². The zero-order chi connectivity index (χ0) is 26.7. The molecule has 1 heterocycles. The van der Waals surface area contributed by atoms with Crippen molar-refractivity contribution < 1.29 is 23.9 Å². The zero-order valence-electron chi connectivity index (χ0n) is 20.4. The first-order valence-electron chi connectivity index (χ1n) is 11.5. The van der Waals surface area contributed by atoms with Gasteiger partial charge in [0, 0.05) is 16.9 Å². The Labute approximate surface area is 218 Å². The minimum atomic E-state index is -0.737. The molecule has 0 bridgehead atoms. The number of carbonyl (C=O) groups is 4. The van der Waals surface area contributed by atoms with Gasteiger partial charge in [0.1, 0.15) is 10.7 Å². The highest BCUT2D eigenvalue weighted by Gasteiger charge is 2.39. The third kappa shape index (κ3) is 5.39. The molecule has 0 aliphatic carbocycles. The van der Waals surface area contributed by atoms with Crippen LogP contribution < -0.4 is 15.5 Å². The van der Waals surface area contributed by atoms with Gasteiger partial charge in [-0.1, -0.05) is 29.8 Å². The average Bonchev–Trinajstić information content (AvgIpc) is 3.09. The zero-order valence-corrected chi connectivity index (χ0v) is 21.2. The van der Waals surface area contributed by atoms with E-state index in [1.54, 1.807) is 37.3 Å². The molecule has 0 radical (unpaired) electrons. The van der Waals surface area contributed by atoms with E-state index in [2.05, 4.69) is 10.6 Å². The van der Waals surface area contributed by atoms with Crippen LogP contribution in [0.4, 0.5) is 17.1 Å². The Morgan fingerprint density at radius 2 is 1.59 bits per heavy atom. The van der Waals surface area contributed by atoms with Crippen LogP contribution in [0.2, 0.25) is 0 Å². The van der Waals surface area contributed by atoms with Crippen molar-refractivity contribution in [2.24, 2.45) is 0 Å². The van der Waals surface area contributed by atoms with Crippen molar-refractivity contribution in [2.45, 2.75) is 20.8 Å². The maximum atomic E-state index is 13.2. The molecular formula is C28H24ClN3O5. The molecule has 1 aliphatic rings. The van der Waals surface area contributed by atoms with Crippen molar-refractivity contribution in [1.29, 1.82) is 0 Å². The van der Waals surface area contributed by atoms with Gasteiger partial charge in [-0.3, -0.25) is 14.4 Å². The molecule has 3 aromatic rings. The van der Waals surface area contributed by atoms with E-state index < -0.39 is 17.8 Å². The number of nitrogens with one attached hydrogen (secondary N) is 2. The Hall–Kier alpha value is -4.43. The Bertz CT molecular complexity index is 1460. The lowest BCUT2D eigenvalue weighted by atomic mass is 10.1. The Balaban J connectivity index is 1.53. The summed E-state index contributed by atoms with van der Waals surface area (Å²) in [6.45, 7) is 5.82. The smallest absolute Gasteiger partial charge is 0.338 e. The third-order valence-electron chi connectivity index (χ3n) is 5.80. The highest BCUT2D eigenvalue weighted by atomic mass is 35.5. The number of halogens is 1. The van der Waals surface area contributed by atoms with Gasteiger partial charge in [-0.05, 0) is 80.4 Å². The molecule has 0 aromatic heterocycles. The van der Waals surface area contributed by atoms with Gasteiger partial charge in [0.15, 0.2) is 0 Å².